The van der Waals surface area contributed by atoms with Crippen LogP contribution in [-0.2, 0) is 12.6 Å². The lowest BCUT2D eigenvalue weighted by Crippen LogP contribution is -2.19. The molecule has 2 heterocycles. The Morgan fingerprint density at radius 3 is 2.55 bits per heavy atom. The first-order chi connectivity index (χ1) is 10.2. The van der Waals surface area contributed by atoms with Gasteiger partial charge in [-0.25, -0.2) is 0 Å². The highest BCUT2D eigenvalue weighted by molar-refractivity contribution is 5.84. The molecule has 118 valence electrons. The van der Waals surface area contributed by atoms with Crippen LogP contribution in [0.4, 0.5) is 0 Å². The largest absolute Gasteiger partial charge is 0.384 e. The fraction of sp³-hybridized carbons (Fsp3) is 0.412. The third-order valence-electron chi connectivity index (χ3n) is 3.70. The van der Waals surface area contributed by atoms with Gasteiger partial charge < -0.3 is 5.11 Å². The van der Waals surface area contributed by atoms with Crippen LogP contribution in [0.25, 0.3) is 11.1 Å². The maximum absolute atomic E-state index is 10.2. The Hall–Kier alpha value is -2.14. The van der Waals surface area contributed by atoms with Gasteiger partial charge in [-0.2, -0.15) is 10.2 Å². The lowest BCUT2D eigenvalue weighted by molar-refractivity contribution is 0.0696. The molecule has 5 nitrogen and oxygen atoms in total. The molecule has 0 saturated heterocycles. The molecular weight excluding hydrogens is 276 g/mol. The number of hydrogen-bond donors (Lipinski definition) is 2. The topological polar surface area (TPSA) is 66.7 Å². The fourth-order valence-electron chi connectivity index (χ4n) is 2.72. The predicted octanol–water partition coefficient (Wildman–Crippen LogP) is 3.16. The summed E-state index contributed by atoms with van der Waals surface area (Å²) < 4.78 is 1.71. The quantitative estimate of drug-likeness (QED) is 0.911. The van der Waals surface area contributed by atoms with Gasteiger partial charge >= 0.3 is 0 Å². The van der Waals surface area contributed by atoms with Gasteiger partial charge in [-0.05, 0) is 46.3 Å². The van der Waals surface area contributed by atoms with Gasteiger partial charge in [-0.1, -0.05) is 12.7 Å². The van der Waals surface area contributed by atoms with Gasteiger partial charge in [0.25, 0.3) is 0 Å². The van der Waals surface area contributed by atoms with E-state index in [9.17, 15) is 5.11 Å². The van der Waals surface area contributed by atoms with Crippen molar-refractivity contribution in [1.82, 2.24) is 20.0 Å². The summed E-state index contributed by atoms with van der Waals surface area (Å²) in [4.78, 5) is 0. The van der Waals surface area contributed by atoms with Crippen LogP contribution in [0.5, 0.6) is 0 Å². The van der Waals surface area contributed by atoms with Crippen molar-refractivity contribution in [2.24, 2.45) is 7.05 Å². The number of aryl methyl sites for hydroxylation is 2. The van der Waals surface area contributed by atoms with Gasteiger partial charge in [0, 0.05) is 23.9 Å². The molecule has 0 saturated carbocycles. The zero-order valence-electron chi connectivity index (χ0n) is 14.2. The number of nitrogens with one attached hydrogen (secondary N) is 1. The first kappa shape index (κ1) is 16.2. The SMILES string of the molecule is C=C(C)c1c(/C(=C\C)c2cc(C(C)(C)O)n(C)n2)n[nH]c1C. The van der Waals surface area contributed by atoms with Crippen LogP contribution in [0, 0.1) is 6.92 Å². The van der Waals surface area contributed by atoms with E-state index in [1.807, 2.05) is 40.0 Å². The average Bonchev–Trinajstić information content (AvgIpc) is 2.94. The number of H-pyrrole nitrogens is 1. The summed E-state index contributed by atoms with van der Waals surface area (Å²) in [5, 5.41) is 22.2. The van der Waals surface area contributed by atoms with E-state index in [1.165, 1.54) is 0 Å². The van der Waals surface area contributed by atoms with E-state index in [4.69, 9.17) is 0 Å². The minimum atomic E-state index is -0.947. The smallest absolute Gasteiger partial charge is 0.102 e. The third-order valence-corrected chi connectivity index (χ3v) is 3.70. The summed E-state index contributed by atoms with van der Waals surface area (Å²) >= 11 is 0. The van der Waals surface area contributed by atoms with Crippen molar-refractivity contribution in [3.05, 3.63) is 47.1 Å². The molecule has 0 fully saturated rings. The Kier molecular flexibility index (Phi) is 4.11. The number of rotatable bonds is 4. The van der Waals surface area contributed by atoms with Crippen molar-refractivity contribution >= 4 is 11.1 Å². The number of hydrogen-bond acceptors (Lipinski definition) is 3. The Bertz CT molecular complexity index is 741. The molecule has 0 atom stereocenters. The highest BCUT2D eigenvalue weighted by Crippen LogP contribution is 2.31. The Balaban J connectivity index is 2.59. The van der Waals surface area contributed by atoms with Gasteiger partial charge in [0.2, 0.25) is 0 Å². The molecule has 0 aliphatic heterocycles. The normalized spacial score (nSPS) is 12.8. The molecule has 0 spiro atoms. The minimum Gasteiger partial charge on any atom is -0.384 e. The molecule has 2 aromatic rings. The summed E-state index contributed by atoms with van der Waals surface area (Å²) in [5.74, 6) is 0. The van der Waals surface area contributed by atoms with E-state index in [1.54, 1.807) is 18.5 Å². The maximum atomic E-state index is 10.2. The number of aromatic nitrogens is 4. The number of aromatic amines is 1. The summed E-state index contributed by atoms with van der Waals surface area (Å²) in [6, 6.07) is 1.90. The second-order valence-electron chi connectivity index (χ2n) is 6.15. The van der Waals surface area contributed by atoms with Crippen molar-refractivity contribution in [1.29, 1.82) is 0 Å². The van der Waals surface area contributed by atoms with Crippen LogP contribution in [0.2, 0.25) is 0 Å². The average molecular weight is 300 g/mol. The van der Waals surface area contributed by atoms with Crippen LogP contribution in [0.1, 0.15) is 56.0 Å². The molecule has 0 aromatic carbocycles. The fourth-order valence-corrected chi connectivity index (χ4v) is 2.72. The van der Waals surface area contributed by atoms with Crippen molar-refractivity contribution in [2.75, 3.05) is 0 Å². The molecule has 0 unspecified atom stereocenters. The van der Waals surface area contributed by atoms with Crippen molar-refractivity contribution < 1.29 is 5.11 Å². The summed E-state index contributed by atoms with van der Waals surface area (Å²) in [5.41, 5.74) is 5.32. The van der Waals surface area contributed by atoms with Gasteiger partial charge in [-0.3, -0.25) is 9.78 Å². The zero-order chi connectivity index (χ0) is 16.7. The second-order valence-corrected chi connectivity index (χ2v) is 6.15. The van der Waals surface area contributed by atoms with Crippen molar-refractivity contribution in [3.63, 3.8) is 0 Å². The molecular formula is C17H24N4O. The zero-order valence-corrected chi connectivity index (χ0v) is 14.2. The molecule has 0 aliphatic rings. The van der Waals surface area contributed by atoms with Crippen LogP contribution < -0.4 is 0 Å². The Morgan fingerprint density at radius 2 is 2.09 bits per heavy atom. The van der Waals surface area contributed by atoms with E-state index >= 15 is 0 Å². The minimum absolute atomic E-state index is 0.756. The molecule has 0 radical (unpaired) electrons. The lowest BCUT2D eigenvalue weighted by Gasteiger charge is -2.16. The number of aliphatic hydroxyl groups is 1. The standard InChI is InChI=1S/C17H24N4O/c1-8-12(16-15(10(2)3)11(4)18-19-16)13-9-14(17(5,6)22)21(7)20-13/h8-9,22H,2H2,1,3-7H3,(H,18,19)/b12-8-. The maximum Gasteiger partial charge on any atom is 0.102 e. The van der Waals surface area contributed by atoms with Gasteiger partial charge in [0.05, 0.1) is 11.4 Å². The molecule has 5 heteroatoms. The molecule has 0 amide bonds. The summed E-state index contributed by atoms with van der Waals surface area (Å²) in [6.45, 7) is 13.4. The van der Waals surface area contributed by atoms with Crippen LogP contribution in [0.3, 0.4) is 0 Å². The monoisotopic (exact) mass is 300 g/mol. The Labute approximate surface area is 131 Å². The highest BCUT2D eigenvalue weighted by Gasteiger charge is 2.24. The van der Waals surface area contributed by atoms with E-state index in [0.717, 1.165) is 39.5 Å². The Morgan fingerprint density at radius 1 is 1.45 bits per heavy atom. The number of allylic oxidation sites excluding steroid dienone is 2. The first-order valence-electron chi connectivity index (χ1n) is 7.31. The second kappa shape index (κ2) is 5.57. The van der Waals surface area contributed by atoms with E-state index in [2.05, 4.69) is 21.9 Å². The third kappa shape index (κ3) is 2.76. The molecule has 2 aromatic heterocycles. The van der Waals surface area contributed by atoms with E-state index < -0.39 is 5.60 Å². The van der Waals surface area contributed by atoms with Crippen LogP contribution >= 0.6 is 0 Å². The number of nitrogens with zero attached hydrogens (tertiary/aromatic N) is 3. The van der Waals surface area contributed by atoms with E-state index in [-0.39, 0.29) is 0 Å². The van der Waals surface area contributed by atoms with Crippen LogP contribution in [0.15, 0.2) is 18.7 Å². The molecule has 2 N–H and O–H groups in total. The summed E-state index contributed by atoms with van der Waals surface area (Å²) in [6.07, 6.45) is 1.98. The molecule has 0 aliphatic carbocycles. The molecule has 0 bridgehead atoms. The van der Waals surface area contributed by atoms with Crippen molar-refractivity contribution in [2.45, 2.75) is 40.2 Å². The molecule has 2 rings (SSSR count). The van der Waals surface area contributed by atoms with Gasteiger partial charge in [-0.15, -0.1) is 0 Å². The highest BCUT2D eigenvalue weighted by atomic mass is 16.3. The summed E-state index contributed by atoms with van der Waals surface area (Å²) in [7, 11) is 1.83. The van der Waals surface area contributed by atoms with Gasteiger partial charge in [0.15, 0.2) is 0 Å². The van der Waals surface area contributed by atoms with E-state index in [0.29, 0.717) is 0 Å². The molecule has 22 heavy (non-hydrogen) atoms. The first-order valence-corrected chi connectivity index (χ1v) is 7.31. The predicted molar refractivity (Wildman–Crippen MR) is 89.2 cm³/mol. The lowest BCUT2D eigenvalue weighted by atomic mass is 9.98. The van der Waals surface area contributed by atoms with Crippen LogP contribution in [-0.4, -0.2) is 25.1 Å². The van der Waals surface area contributed by atoms with Gasteiger partial charge in [0.1, 0.15) is 11.3 Å². The van der Waals surface area contributed by atoms with Crippen molar-refractivity contribution in [3.8, 4) is 0 Å².